The van der Waals surface area contributed by atoms with Crippen molar-refractivity contribution < 1.29 is 28.7 Å². The largest absolute Gasteiger partial charge is 0.460 e. The molecule has 1 unspecified atom stereocenters. The molecule has 0 bridgehead atoms. The highest BCUT2D eigenvalue weighted by Crippen LogP contribution is 2.31. The number of hydrogen-bond donors (Lipinski definition) is 1. The molecule has 1 N–H and O–H groups in total. The fraction of sp³-hybridized carbons (Fsp3) is 0.462. The number of carbonyl (C=O) groups is 2. The van der Waals surface area contributed by atoms with Crippen molar-refractivity contribution in [3.05, 3.63) is 58.1 Å². The summed E-state index contributed by atoms with van der Waals surface area (Å²) in [5, 5.41) is 14.8. The molecule has 1 aliphatic heterocycles. The number of anilines is 3. The molecular formula is C26H34N4O7. The van der Waals surface area contributed by atoms with E-state index in [1.54, 1.807) is 0 Å². The Balaban J connectivity index is 1.65. The second-order valence-corrected chi connectivity index (χ2v) is 8.57. The lowest BCUT2D eigenvalue weighted by molar-refractivity contribution is -0.383. The number of nitrogens with zero attached hydrogens (tertiary/aromatic N) is 3. The summed E-state index contributed by atoms with van der Waals surface area (Å²) in [6.45, 7) is 5.73. The van der Waals surface area contributed by atoms with E-state index in [4.69, 9.17) is 14.2 Å². The average molecular weight is 515 g/mol. The van der Waals surface area contributed by atoms with E-state index in [-0.39, 0.29) is 30.2 Å². The minimum Gasteiger partial charge on any atom is -0.460 e. The summed E-state index contributed by atoms with van der Waals surface area (Å²) in [4.78, 5) is 39.1. The number of nitro groups is 1. The van der Waals surface area contributed by atoms with Crippen LogP contribution in [0.5, 0.6) is 0 Å². The molecule has 0 aromatic heterocycles. The first-order chi connectivity index (χ1) is 18.0. The highest BCUT2D eigenvalue weighted by atomic mass is 16.6. The molecule has 1 aliphatic rings. The fourth-order valence-electron chi connectivity index (χ4n) is 3.97. The Morgan fingerprint density at radius 1 is 1.14 bits per heavy atom. The highest BCUT2D eigenvalue weighted by Gasteiger charge is 2.24. The normalized spacial score (nSPS) is 14.7. The van der Waals surface area contributed by atoms with Crippen molar-refractivity contribution in [3.63, 3.8) is 0 Å². The predicted molar refractivity (Wildman–Crippen MR) is 139 cm³/mol. The van der Waals surface area contributed by atoms with Gasteiger partial charge in [-0.05, 0) is 36.8 Å². The number of piperazine rings is 1. The fourth-order valence-corrected chi connectivity index (χ4v) is 3.97. The summed E-state index contributed by atoms with van der Waals surface area (Å²) < 4.78 is 15.6. The third kappa shape index (κ3) is 7.97. The molecule has 1 atom stereocenters. The quantitative estimate of drug-likeness (QED) is 0.131. The number of rotatable bonds is 14. The number of carbonyl (C=O) groups excluding carboxylic acids is 2. The number of methoxy groups -OCH3 is 1. The first-order valence-corrected chi connectivity index (χ1v) is 12.3. The summed E-state index contributed by atoms with van der Waals surface area (Å²) in [5.41, 5.74) is 1.75. The van der Waals surface area contributed by atoms with Crippen molar-refractivity contribution >= 4 is 35.0 Å². The number of nitro benzene ring substituents is 1. The average Bonchev–Trinajstić information content (AvgIpc) is 2.91. The van der Waals surface area contributed by atoms with Crippen LogP contribution < -0.4 is 10.2 Å². The summed E-state index contributed by atoms with van der Waals surface area (Å²) in [6.07, 6.45) is 2.26. The van der Waals surface area contributed by atoms with Crippen LogP contribution in [0.4, 0.5) is 22.7 Å². The van der Waals surface area contributed by atoms with E-state index in [1.807, 2.05) is 29.2 Å². The van der Waals surface area contributed by atoms with Crippen molar-refractivity contribution in [3.8, 4) is 0 Å². The number of benzene rings is 2. The van der Waals surface area contributed by atoms with Gasteiger partial charge in [-0.2, -0.15) is 0 Å². The van der Waals surface area contributed by atoms with E-state index in [0.717, 1.165) is 24.8 Å². The molecule has 37 heavy (non-hydrogen) atoms. The van der Waals surface area contributed by atoms with Gasteiger partial charge in [0.2, 0.25) is 0 Å². The monoisotopic (exact) mass is 514 g/mol. The lowest BCUT2D eigenvalue weighted by atomic mass is 10.1. The molecule has 1 heterocycles. The molecule has 2 aromatic carbocycles. The summed E-state index contributed by atoms with van der Waals surface area (Å²) in [6, 6.07) is 11.8. The van der Waals surface area contributed by atoms with Crippen LogP contribution in [-0.4, -0.2) is 81.4 Å². The molecule has 2 aromatic rings. The Labute approximate surface area is 216 Å². The van der Waals surface area contributed by atoms with Crippen molar-refractivity contribution in [1.29, 1.82) is 0 Å². The van der Waals surface area contributed by atoms with Gasteiger partial charge < -0.3 is 24.4 Å². The molecule has 0 radical (unpaired) electrons. The second-order valence-electron chi connectivity index (χ2n) is 8.57. The predicted octanol–water partition coefficient (Wildman–Crippen LogP) is 3.61. The molecule has 0 saturated carbocycles. The Hall–Kier alpha value is -3.54. The van der Waals surface area contributed by atoms with Crippen molar-refractivity contribution in [1.82, 2.24) is 4.90 Å². The van der Waals surface area contributed by atoms with Crippen molar-refractivity contribution in [2.45, 2.75) is 26.0 Å². The third-order valence-corrected chi connectivity index (χ3v) is 6.02. The van der Waals surface area contributed by atoms with Crippen LogP contribution in [-0.2, 0) is 19.0 Å². The maximum absolute atomic E-state index is 12.2. The van der Waals surface area contributed by atoms with Gasteiger partial charge in [-0.15, -0.1) is 0 Å². The standard InChI is InChI=1S/C26H34N4O7/c1-3-4-14-36-25(19-31)29-12-10-28(11-13-29)22-7-5-6-21(18-22)27-23-9-8-20(17-24(23)30(33)34)26(32)37-16-15-35-2/h5-9,17-19,25,27H,3-4,10-16H2,1-2H3. The van der Waals surface area contributed by atoms with Crippen molar-refractivity contribution in [2.24, 2.45) is 0 Å². The van der Waals surface area contributed by atoms with E-state index in [9.17, 15) is 19.7 Å². The van der Waals surface area contributed by atoms with Gasteiger partial charge >= 0.3 is 5.97 Å². The van der Waals surface area contributed by atoms with Crippen LogP contribution in [0, 0.1) is 10.1 Å². The van der Waals surface area contributed by atoms with Crippen LogP contribution in [0.25, 0.3) is 0 Å². The maximum Gasteiger partial charge on any atom is 0.338 e. The van der Waals surface area contributed by atoms with Gasteiger partial charge in [0.1, 0.15) is 12.3 Å². The second kappa shape index (κ2) is 14.3. The number of ether oxygens (including phenoxy) is 3. The zero-order chi connectivity index (χ0) is 26.6. The molecular weight excluding hydrogens is 480 g/mol. The number of unbranched alkanes of at least 4 members (excludes halogenated alkanes) is 1. The zero-order valence-corrected chi connectivity index (χ0v) is 21.3. The molecule has 0 spiro atoms. The van der Waals surface area contributed by atoms with Gasteiger partial charge in [-0.25, -0.2) is 4.79 Å². The van der Waals surface area contributed by atoms with Crippen LogP contribution >= 0.6 is 0 Å². The number of nitrogens with one attached hydrogen (secondary N) is 1. The van der Waals surface area contributed by atoms with Crippen LogP contribution in [0.1, 0.15) is 30.1 Å². The van der Waals surface area contributed by atoms with Gasteiger partial charge in [0.05, 0.1) is 17.1 Å². The Morgan fingerprint density at radius 2 is 1.92 bits per heavy atom. The van der Waals surface area contributed by atoms with E-state index >= 15 is 0 Å². The lowest BCUT2D eigenvalue weighted by Crippen LogP contribution is -2.51. The minimum absolute atomic E-state index is 0.0614. The van der Waals surface area contributed by atoms with E-state index in [1.165, 1.54) is 25.3 Å². The Bertz CT molecular complexity index is 1060. The zero-order valence-electron chi connectivity index (χ0n) is 21.3. The van der Waals surface area contributed by atoms with Crippen LogP contribution in [0.2, 0.25) is 0 Å². The van der Waals surface area contributed by atoms with Gasteiger partial charge in [-0.3, -0.25) is 19.8 Å². The summed E-state index contributed by atoms with van der Waals surface area (Å²) in [5.74, 6) is -0.652. The molecule has 1 saturated heterocycles. The minimum atomic E-state index is -0.652. The lowest BCUT2D eigenvalue weighted by Gasteiger charge is -2.38. The number of esters is 1. The first kappa shape index (κ1) is 28.0. The molecule has 1 fully saturated rings. The van der Waals surface area contributed by atoms with Gasteiger partial charge in [0.25, 0.3) is 5.69 Å². The smallest absolute Gasteiger partial charge is 0.338 e. The molecule has 200 valence electrons. The van der Waals surface area contributed by atoms with Crippen LogP contribution in [0.3, 0.4) is 0 Å². The number of hydrogen-bond acceptors (Lipinski definition) is 10. The molecule has 11 nitrogen and oxygen atoms in total. The van der Waals surface area contributed by atoms with E-state index in [2.05, 4.69) is 17.1 Å². The molecule has 0 amide bonds. The topological polar surface area (TPSA) is 123 Å². The Morgan fingerprint density at radius 3 is 2.59 bits per heavy atom. The van der Waals surface area contributed by atoms with Crippen molar-refractivity contribution in [2.75, 3.05) is 63.3 Å². The van der Waals surface area contributed by atoms with E-state index in [0.29, 0.717) is 38.5 Å². The maximum atomic E-state index is 12.2. The van der Waals surface area contributed by atoms with E-state index < -0.39 is 17.1 Å². The molecule has 3 rings (SSSR count). The molecule has 0 aliphatic carbocycles. The summed E-state index contributed by atoms with van der Waals surface area (Å²) in [7, 11) is 1.49. The van der Waals surface area contributed by atoms with Crippen LogP contribution in [0.15, 0.2) is 42.5 Å². The first-order valence-electron chi connectivity index (χ1n) is 12.3. The van der Waals surface area contributed by atoms with Gasteiger partial charge in [0.15, 0.2) is 12.5 Å². The summed E-state index contributed by atoms with van der Waals surface area (Å²) >= 11 is 0. The third-order valence-electron chi connectivity index (χ3n) is 6.02. The SMILES string of the molecule is CCCCOC(C=O)N1CCN(c2cccc(Nc3ccc(C(=O)OCCOC)cc3[N+](=O)[O-])c2)CC1. The number of aldehydes is 1. The van der Waals surface area contributed by atoms with Gasteiger partial charge in [-0.1, -0.05) is 19.4 Å². The highest BCUT2D eigenvalue weighted by molar-refractivity contribution is 5.91. The van der Waals surface area contributed by atoms with Gasteiger partial charge in [0, 0.05) is 57.3 Å². The molecule has 11 heteroatoms. The Kier molecular flexibility index (Phi) is 10.8.